The van der Waals surface area contributed by atoms with Crippen LogP contribution in [-0.4, -0.2) is 58.1 Å². The summed E-state index contributed by atoms with van der Waals surface area (Å²) in [6, 6.07) is 6.05. The number of aromatic nitrogens is 2. The molecule has 10 heteroatoms. The molecule has 38 heavy (non-hydrogen) atoms. The van der Waals surface area contributed by atoms with Crippen molar-refractivity contribution in [1.82, 2.24) is 20.2 Å². The zero-order chi connectivity index (χ0) is 28.3. The number of hydrogen-bond donors (Lipinski definition) is 3. The Labute approximate surface area is 225 Å². The molecule has 0 saturated heterocycles. The summed E-state index contributed by atoms with van der Waals surface area (Å²) in [6.07, 6.45) is 2.57. The van der Waals surface area contributed by atoms with Crippen molar-refractivity contribution in [3.05, 3.63) is 41.8 Å². The molecule has 0 aliphatic rings. The minimum atomic E-state index is -0.647. The molecular weight excluding hydrogens is 487 g/mol. The van der Waals surface area contributed by atoms with Gasteiger partial charge in [0.2, 0.25) is 11.9 Å². The Kier molecular flexibility index (Phi) is 10.9. The minimum Gasteiger partial charge on any atom is -0.444 e. The van der Waals surface area contributed by atoms with Crippen LogP contribution < -0.4 is 16.0 Å². The van der Waals surface area contributed by atoms with E-state index in [0.717, 1.165) is 6.42 Å². The van der Waals surface area contributed by atoms with Crippen LogP contribution in [0.1, 0.15) is 66.4 Å². The normalized spacial score (nSPS) is 11.2. The molecule has 1 aromatic heterocycles. The summed E-state index contributed by atoms with van der Waals surface area (Å²) >= 11 is 0. The molecule has 2 amide bonds. The summed E-state index contributed by atoms with van der Waals surface area (Å²) in [5.41, 5.74) is -0.0994. The summed E-state index contributed by atoms with van der Waals surface area (Å²) in [5, 5.41) is 9.17. The van der Waals surface area contributed by atoms with E-state index in [1.54, 1.807) is 46.1 Å². The highest BCUT2D eigenvalue weighted by Crippen LogP contribution is 2.18. The van der Waals surface area contributed by atoms with E-state index in [2.05, 4.69) is 37.8 Å². The average molecular weight is 527 g/mol. The smallest absolute Gasteiger partial charge is 0.410 e. The van der Waals surface area contributed by atoms with Crippen molar-refractivity contribution in [2.24, 2.45) is 0 Å². The average Bonchev–Trinajstić information content (AvgIpc) is 2.79. The van der Waals surface area contributed by atoms with Crippen LogP contribution in [0.2, 0.25) is 0 Å². The molecule has 1 aromatic carbocycles. The van der Waals surface area contributed by atoms with Crippen LogP contribution in [0.15, 0.2) is 30.5 Å². The number of carbonyl (C=O) groups excluding carboxylic acids is 2. The topological polar surface area (TPSA) is 108 Å². The van der Waals surface area contributed by atoms with E-state index in [1.807, 2.05) is 20.8 Å². The maximum Gasteiger partial charge on any atom is 0.410 e. The molecule has 0 unspecified atom stereocenters. The predicted octanol–water partition coefficient (Wildman–Crippen LogP) is 5.07. The summed E-state index contributed by atoms with van der Waals surface area (Å²) < 4.78 is 18.9. The number of carbonyl (C=O) groups is 2. The molecule has 206 valence electrons. The first-order chi connectivity index (χ1) is 17.8. The Morgan fingerprint density at radius 2 is 1.92 bits per heavy atom. The first-order valence-electron chi connectivity index (χ1n) is 12.7. The fourth-order valence-electron chi connectivity index (χ4n) is 3.42. The number of anilines is 3. The van der Waals surface area contributed by atoms with E-state index in [1.165, 1.54) is 17.0 Å². The van der Waals surface area contributed by atoms with Gasteiger partial charge >= 0.3 is 6.09 Å². The quantitative estimate of drug-likeness (QED) is 0.371. The standard InChI is InChI=1S/C28H39FN6O3/c1-8-16-30-24-20(18-31-25(33-24)32-22-14-11-13-21(29)17-22)12-9-10-15-23(36)34-28(5,6)19-35(7)26(37)38-27(2,3)4/h11,13-14,17-18H,8,10,15-16,19H2,1-7H3,(H,34,36)(H2,30,31,32,33). The van der Waals surface area contributed by atoms with E-state index in [9.17, 15) is 14.0 Å². The van der Waals surface area contributed by atoms with Gasteiger partial charge in [-0.1, -0.05) is 24.8 Å². The third kappa shape index (κ3) is 11.0. The van der Waals surface area contributed by atoms with Crippen LogP contribution >= 0.6 is 0 Å². The lowest BCUT2D eigenvalue weighted by molar-refractivity contribution is -0.122. The molecule has 0 radical (unpaired) electrons. The van der Waals surface area contributed by atoms with E-state index in [-0.39, 0.29) is 18.1 Å². The fourth-order valence-corrected chi connectivity index (χ4v) is 3.42. The molecule has 0 bridgehead atoms. The second kappa shape index (κ2) is 13.6. The molecule has 1 heterocycles. The third-order valence-corrected chi connectivity index (χ3v) is 4.93. The van der Waals surface area contributed by atoms with Crippen molar-refractivity contribution in [3.63, 3.8) is 0 Å². The molecule has 0 spiro atoms. The van der Waals surface area contributed by atoms with Gasteiger partial charge in [0.1, 0.15) is 17.2 Å². The van der Waals surface area contributed by atoms with Gasteiger partial charge in [-0.15, -0.1) is 0 Å². The van der Waals surface area contributed by atoms with E-state index >= 15 is 0 Å². The van der Waals surface area contributed by atoms with Crippen molar-refractivity contribution in [2.75, 3.05) is 30.8 Å². The lowest BCUT2D eigenvalue weighted by atomic mass is 10.0. The van der Waals surface area contributed by atoms with Gasteiger partial charge in [-0.3, -0.25) is 4.79 Å². The van der Waals surface area contributed by atoms with E-state index < -0.39 is 17.2 Å². The number of likely N-dealkylation sites (N-methyl/N-ethyl adjacent to an activating group) is 1. The Morgan fingerprint density at radius 1 is 1.18 bits per heavy atom. The summed E-state index contributed by atoms with van der Waals surface area (Å²) in [6.45, 7) is 12.1. The number of hydrogen-bond acceptors (Lipinski definition) is 7. The SMILES string of the molecule is CCCNc1nc(Nc2cccc(F)c2)ncc1C#CCCC(=O)NC(C)(C)CN(C)C(=O)OC(C)(C)C. The van der Waals surface area contributed by atoms with Crippen LogP contribution in [-0.2, 0) is 9.53 Å². The van der Waals surface area contributed by atoms with Crippen molar-refractivity contribution in [2.45, 2.75) is 71.9 Å². The zero-order valence-corrected chi connectivity index (χ0v) is 23.4. The van der Waals surface area contributed by atoms with Gasteiger partial charge < -0.3 is 25.6 Å². The molecule has 3 N–H and O–H groups in total. The van der Waals surface area contributed by atoms with Gasteiger partial charge in [0, 0.05) is 38.7 Å². The lowest BCUT2D eigenvalue weighted by Crippen LogP contribution is -2.52. The lowest BCUT2D eigenvalue weighted by Gasteiger charge is -2.32. The van der Waals surface area contributed by atoms with Gasteiger partial charge in [-0.05, 0) is 59.2 Å². The highest BCUT2D eigenvalue weighted by atomic mass is 19.1. The van der Waals surface area contributed by atoms with Gasteiger partial charge in [-0.25, -0.2) is 14.2 Å². The number of rotatable bonds is 10. The molecule has 0 atom stereocenters. The second-order valence-corrected chi connectivity index (χ2v) is 10.6. The number of benzene rings is 1. The van der Waals surface area contributed by atoms with Crippen molar-refractivity contribution < 1.29 is 18.7 Å². The van der Waals surface area contributed by atoms with Crippen molar-refractivity contribution in [3.8, 4) is 11.8 Å². The van der Waals surface area contributed by atoms with Gasteiger partial charge in [0.25, 0.3) is 0 Å². The molecule has 2 aromatic rings. The Balaban J connectivity index is 1.96. The van der Waals surface area contributed by atoms with Crippen molar-refractivity contribution >= 4 is 29.5 Å². The van der Waals surface area contributed by atoms with Gasteiger partial charge in [-0.2, -0.15) is 4.98 Å². The van der Waals surface area contributed by atoms with Crippen molar-refractivity contribution in [1.29, 1.82) is 0 Å². The van der Waals surface area contributed by atoms with E-state index in [4.69, 9.17) is 4.74 Å². The van der Waals surface area contributed by atoms with Crippen LogP contribution in [0.25, 0.3) is 0 Å². The highest BCUT2D eigenvalue weighted by Gasteiger charge is 2.27. The second-order valence-electron chi connectivity index (χ2n) is 10.6. The Bertz CT molecular complexity index is 1170. The maximum absolute atomic E-state index is 13.5. The molecular formula is C28H39FN6O3. The first-order valence-corrected chi connectivity index (χ1v) is 12.7. The number of amides is 2. The molecule has 0 aliphatic heterocycles. The number of nitrogens with zero attached hydrogens (tertiary/aromatic N) is 3. The van der Waals surface area contributed by atoms with Gasteiger partial charge in [0.15, 0.2) is 0 Å². The summed E-state index contributed by atoms with van der Waals surface area (Å²) in [4.78, 5) is 35.0. The predicted molar refractivity (Wildman–Crippen MR) is 148 cm³/mol. The minimum absolute atomic E-state index is 0.169. The van der Waals surface area contributed by atoms with Crippen LogP contribution in [0.3, 0.4) is 0 Å². The summed E-state index contributed by atoms with van der Waals surface area (Å²) in [7, 11) is 1.64. The molecule has 0 saturated carbocycles. The highest BCUT2D eigenvalue weighted by molar-refractivity contribution is 5.77. The molecule has 9 nitrogen and oxygen atoms in total. The molecule has 2 rings (SSSR count). The van der Waals surface area contributed by atoms with E-state index in [0.29, 0.717) is 42.5 Å². The largest absolute Gasteiger partial charge is 0.444 e. The number of halogens is 1. The first kappa shape index (κ1) is 30.4. The Morgan fingerprint density at radius 3 is 2.58 bits per heavy atom. The van der Waals surface area contributed by atoms with Crippen LogP contribution in [0, 0.1) is 17.7 Å². The van der Waals surface area contributed by atoms with Gasteiger partial charge in [0.05, 0.1) is 17.3 Å². The maximum atomic E-state index is 13.5. The Hall–Kier alpha value is -3.87. The van der Waals surface area contributed by atoms with Crippen LogP contribution in [0.5, 0.6) is 0 Å². The third-order valence-electron chi connectivity index (χ3n) is 4.93. The molecule has 0 fully saturated rings. The monoisotopic (exact) mass is 526 g/mol. The number of ether oxygens (including phenoxy) is 1. The zero-order valence-electron chi connectivity index (χ0n) is 23.4. The fraction of sp³-hybridized carbons (Fsp3) is 0.500. The number of nitrogens with one attached hydrogen (secondary N) is 3. The molecule has 0 aliphatic carbocycles. The summed E-state index contributed by atoms with van der Waals surface area (Å²) in [5.74, 6) is 6.40. The van der Waals surface area contributed by atoms with Crippen LogP contribution in [0.4, 0.5) is 26.6 Å².